The van der Waals surface area contributed by atoms with Gasteiger partial charge in [0.25, 0.3) is 0 Å². The van der Waals surface area contributed by atoms with Crippen molar-refractivity contribution in [2.24, 2.45) is 0 Å². The first-order valence-electron chi connectivity index (χ1n) is 0.408. The summed E-state index contributed by atoms with van der Waals surface area (Å²) in [5, 5.41) is 0. The summed E-state index contributed by atoms with van der Waals surface area (Å²) in [6, 6.07) is 0. The molecule has 0 aromatic carbocycles. The van der Waals surface area contributed by atoms with Gasteiger partial charge in [-0.2, -0.15) is 6.26 Å². The summed E-state index contributed by atoms with van der Waals surface area (Å²) in [6.45, 7) is 0. The van der Waals surface area contributed by atoms with Gasteiger partial charge in [0.2, 0.25) is 0 Å². The van der Waals surface area contributed by atoms with Crippen molar-refractivity contribution in [2.75, 3.05) is 6.26 Å². The molecule has 0 aromatic heterocycles. The number of hydrogen-bond acceptors (Lipinski definition) is 1. The van der Waals surface area contributed by atoms with Gasteiger partial charge in [0, 0.05) is 0 Å². The third kappa shape index (κ3) is 9.01. The quantitative estimate of drug-likeness (QED) is 0.186. The average Bonchev–Trinajstić information content (AvgIpc) is 1.00. The molecule has 0 nitrogen and oxygen atoms in total. The fraction of sp³-hybridized carbons (Fsp3) is 0.500. The van der Waals surface area contributed by atoms with Crippen molar-refractivity contribution in [3.05, 3.63) is 7.43 Å². The van der Waals surface area contributed by atoms with Gasteiger partial charge in [0.05, 0.1) is 0 Å². The Kier molecular flexibility index (Phi) is 83.8. The van der Waals surface area contributed by atoms with Gasteiger partial charge in [-0.25, -0.2) is 0 Å². The molecule has 0 atom stereocenters. The topological polar surface area (TPSA) is 0 Å². The van der Waals surface area contributed by atoms with E-state index in [0.29, 0.717) is 0 Å². The zero-order valence-electron chi connectivity index (χ0n) is 3.41. The van der Waals surface area contributed by atoms with Gasteiger partial charge < -0.3 is 20.1 Å². The van der Waals surface area contributed by atoms with E-state index in [2.05, 4.69) is 12.6 Å². The van der Waals surface area contributed by atoms with Crippen LogP contribution in [0.3, 0.4) is 0 Å². The predicted octanol–water partition coefficient (Wildman–Crippen LogP) is -2.38. The molecule has 0 unspecified atom stereocenters. The maximum Gasteiger partial charge on any atom is 1.00 e. The Balaban J connectivity index is -0.00000000500. The molecular weight excluding hydrogens is 95.2 g/mol. The van der Waals surface area contributed by atoms with E-state index in [1.807, 2.05) is 0 Å². The molecule has 0 aliphatic heterocycles. The van der Waals surface area contributed by atoms with Crippen molar-refractivity contribution in [3.8, 4) is 0 Å². The smallest absolute Gasteiger partial charge is 0.796 e. The standard InChI is InChI=1S/CH4S.CH3.K/c1-2;;/h2H,1H3;1H3;/q;-1;+1/p-1. The Hall–Kier alpha value is 1.99. The Morgan fingerprint density at radius 3 is 1.25 bits per heavy atom. The molecule has 0 aliphatic rings. The van der Waals surface area contributed by atoms with Crippen LogP contribution in [0.25, 0.3) is 0 Å². The van der Waals surface area contributed by atoms with E-state index in [1.54, 1.807) is 6.26 Å². The minimum atomic E-state index is 0. The van der Waals surface area contributed by atoms with Crippen LogP contribution in [0, 0.1) is 7.43 Å². The molecular formula is C2H6KS-. The molecule has 0 N–H and O–H groups in total. The fourth-order valence-corrected chi connectivity index (χ4v) is 0. The summed E-state index contributed by atoms with van der Waals surface area (Å²) in [4.78, 5) is 0. The molecule has 0 radical (unpaired) electrons. The summed E-state index contributed by atoms with van der Waals surface area (Å²) < 4.78 is 0. The fourth-order valence-electron chi connectivity index (χ4n) is 0. The van der Waals surface area contributed by atoms with Crippen molar-refractivity contribution < 1.29 is 51.4 Å². The maximum absolute atomic E-state index is 4.08. The van der Waals surface area contributed by atoms with Crippen LogP contribution in [0.1, 0.15) is 0 Å². The largest absolute Gasteiger partial charge is 1.00 e. The third-order valence-corrected chi connectivity index (χ3v) is 0. The van der Waals surface area contributed by atoms with Gasteiger partial charge in [-0.3, -0.25) is 0 Å². The van der Waals surface area contributed by atoms with E-state index in [1.165, 1.54) is 0 Å². The van der Waals surface area contributed by atoms with E-state index in [-0.39, 0.29) is 58.8 Å². The van der Waals surface area contributed by atoms with Crippen LogP contribution in [-0.2, 0) is 12.6 Å². The Bertz CT molecular complexity index is 6.00. The van der Waals surface area contributed by atoms with Crippen molar-refractivity contribution in [2.45, 2.75) is 0 Å². The molecule has 4 heavy (non-hydrogen) atoms. The van der Waals surface area contributed by atoms with Crippen LogP contribution in [0.15, 0.2) is 0 Å². The van der Waals surface area contributed by atoms with Crippen LogP contribution in [-0.4, -0.2) is 6.26 Å². The monoisotopic (exact) mass is 101 g/mol. The molecule has 0 aliphatic carbocycles. The molecule has 0 bridgehead atoms. The molecule has 0 fully saturated rings. The maximum atomic E-state index is 4.08. The summed E-state index contributed by atoms with van der Waals surface area (Å²) in [7, 11) is 0. The van der Waals surface area contributed by atoms with Crippen LogP contribution in [0.5, 0.6) is 0 Å². The van der Waals surface area contributed by atoms with Crippen LogP contribution >= 0.6 is 0 Å². The molecule has 0 rings (SSSR count). The van der Waals surface area contributed by atoms with E-state index < -0.39 is 0 Å². The first-order valence-corrected chi connectivity index (χ1v) is 1.22. The van der Waals surface area contributed by atoms with Crippen molar-refractivity contribution in [1.29, 1.82) is 0 Å². The molecule has 0 amide bonds. The van der Waals surface area contributed by atoms with Gasteiger partial charge >= 0.3 is 51.4 Å². The zero-order valence-corrected chi connectivity index (χ0v) is 7.35. The molecule has 0 aromatic rings. The van der Waals surface area contributed by atoms with Crippen molar-refractivity contribution in [3.63, 3.8) is 0 Å². The van der Waals surface area contributed by atoms with Crippen LogP contribution < -0.4 is 51.4 Å². The third-order valence-electron chi connectivity index (χ3n) is 0. The van der Waals surface area contributed by atoms with Gasteiger partial charge in [0.15, 0.2) is 0 Å². The normalized spacial score (nSPS) is 1.50. The minimum Gasteiger partial charge on any atom is -0.796 e. The molecule has 0 saturated carbocycles. The zero-order chi connectivity index (χ0) is 2.00. The Morgan fingerprint density at radius 2 is 1.25 bits per heavy atom. The van der Waals surface area contributed by atoms with Crippen LogP contribution in [0.2, 0.25) is 0 Å². The van der Waals surface area contributed by atoms with Gasteiger partial charge in [-0.15, -0.1) is 0 Å². The minimum absolute atomic E-state index is 0. The van der Waals surface area contributed by atoms with Gasteiger partial charge in [0.1, 0.15) is 0 Å². The summed E-state index contributed by atoms with van der Waals surface area (Å²) >= 11 is 4.08. The van der Waals surface area contributed by atoms with Gasteiger partial charge in [-0.1, -0.05) is 0 Å². The Morgan fingerprint density at radius 1 is 1.25 bits per heavy atom. The first kappa shape index (κ1) is 16.7. The SMILES string of the molecule is C[S-].[CH3-].[K+]. The van der Waals surface area contributed by atoms with Crippen molar-refractivity contribution >= 4 is 12.6 Å². The molecule has 2 heteroatoms. The summed E-state index contributed by atoms with van der Waals surface area (Å²) in [5.74, 6) is 0. The summed E-state index contributed by atoms with van der Waals surface area (Å²) in [6.07, 6.45) is 1.58. The molecule has 0 saturated heterocycles. The Labute approximate surface area is 76.2 Å². The molecule has 22 valence electrons. The average molecular weight is 101 g/mol. The molecule has 0 spiro atoms. The van der Waals surface area contributed by atoms with Crippen molar-refractivity contribution in [1.82, 2.24) is 0 Å². The second-order valence-corrected chi connectivity index (χ2v) is 0. The first-order chi connectivity index (χ1) is 1.00. The second-order valence-electron chi connectivity index (χ2n) is 0. The van der Waals surface area contributed by atoms with E-state index in [0.717, 1.165) is 0 Å². The van der Waals surface area contributed by atoms with E-state index in [9.17, 15) is 0 Å². The van der Waals surface area contributed by atoms with E-state index in [4.69, 9.17) is 0 Å². The second kappa shape index (κ2) is 20.1. The molecule has 0 heterocycles. The van der Waals surface area contributed by atoms with E-state index >= 15 is 0 Å². The van der Waals surface area contributed by atoms with Crippen LogP contribution in [0.4, 0.5) is 0 Å². The summed E-state index contributed by atoms with van der Waals surface area (Å²) in [5.41, 5.74) is 0. The predicted molar refractivity (Wildman–Crippen MR) is 19.7 cm³/mol. The number of rotatable bonds is 0. The number of hydrogen-bond donors (Lipinski definition) is 0. The van der Waals surface area contributed by atoms with Gasteiger partial charge in [-0.05, 0) is 0 Å².